The molecule has 0 amide bonds. The van der Waals surface area contributed by atoms with Gasteiger partial charge in [-0.05, 0) is 36.8 Å². The fourth-order valence-electron chi connectivity index (χ4n) is 1.87. The number of halogens is 1. The maximum absolute atomic E-state index is 9.69. The van der Waals surface area contributed by atoms with Gasteiger partial charge in [0.2, 0.25) is 0 Å². The first-order valence-corrected chi connectivity index (χ1v) is 6.22. The standard InChI is InChI=1S/C15H16ClNO/c1-15(11-18,12-6-5-7-13(16)10-12)17-14-8-3-2-4-9-14/h2-10,17-18H,11H2,1H3. The normalized spacial score (nSPS) is 13.9. The lowest BCUT2D eigenvalue weighted by molar-refractivity contribution is 0.224. The Labute approximate surface area is 112 Å². The van der Waals surface area contributed by atoms with E-state index < -0.39 is 5.54 Å². The van der Waals surface area contributed by atoms with Crippen LogP contribution in [0, 0.1) is 0 Å². The zero-order valence-electron chi connectivity index (χ0n) is 10.2. The third-order valence-corrected chi connectivity index (χ3v) is 3.21. The molecule has 0 aliphatic heterocycles. The summed E-state index contributed by atoms with van der Waals surface area (Å²) in [5, 5.41) is 13.7. The first-order chi connectivity index (χ1) is 8.64. The quantitative estimate of drug-likeness (QED) is 0.880. The minimum atomic E-state index is -0.549. The summed E-state index contributed by atoms with van der Waals surface area (Å²) in [6, 6.07) is 17.4. The fraction of sp³-hybridized carbons (Fsp3) is 0.200. The van der Waals surface area contributed by atoms with E-state index in [9.17, 15) is 5.11 Å². The van der Waals surface area contributed by atoms with Gasteiger partial charge in [-0.2, -0.15) is 0 Å². The third-order valence-electron chi connectivity index (χ3n) is 2.97. The Morgan fingerprint density at radius 2 is 1.83 bits per heavy atom. The van der Waals surface area contributed by atoms with Crippen LogP contribution in [0.5, 0.6) is 0 Å². The van der Waals surface area contributed by atoms with Crippen LogP contribution >= 0.6 is 11.6 Å². The van der Waals surface area contributed by atoms with Gasteiger partial charge in [-0.3, -0.25) is 0 Å². The summed E-state index contributed by atoms with van der Waals surface area (Å²) < 4.78 is 0. The maximum atomic E-state index is 9.69. The largest absolute Gasteiger partial charge is 0.394 e. The Balaban J connectivity index is 2.31. The van der Waals surface area contributed by atoms with Crippen molar-refractivity contribution in [3.63, 3.8) is 0 Å². The number of aliphatic hydroxyl groups is 1. The molecule has 2 aromatic rings. The first kappa shape index (κ1) is 12.9. The van der Waals surface area contributed by atoms with Crippen LogP contribution in [-0.4, -0.2) is 11.7 Å². The van der Waals surface area contributed by atoms with Gasteiger partial charge in [-0.15, -0.1) is 0 Å². The van der Waals surface area contributed by atoms with Gasteiger partial charge in [-0.25, -0.2) is 0 Å². The molecule has 0 radical (unpaired) electrons. The second-order valence-electron chi connectivity index (χ2n) is 4.49. The van der Waals surface area contributed by atoms with E-state index in [1.54, 1.807) is 0 Å². The van der Waals surface area contributed by atoms with E-state index in [0.29, 0.717) is 5.02 Å². The van der Waals surface area contributed by atoms with E-state index in [1.807, 2.05) is 61.5 Å². The summed E-state index contributed by atoms with van der Waals surface area (Å²) in [6.45, 7) is 1.94. The SMILES string of the molecule is CC(CO)(Nc1ccccc1)c1cccc(Cl)c1. The zero-order valence-corrected chi connectivity index (χ0v) is 11.0. The van der Waals surface area contributed by atoms with Gasteiger partial charge in [0.05, 0.1) is 12.1 Å². The minimum Gasteiger partial charge on any atom is -0.394 e. The van der Waals surface area contributed by atoms with E-state index >= 15 is 0 Å². The van der Waals surface area contributed by atoms with Gasteiger partial charge in [0, 0.05) is 10.7 Å². The first-order valence-electron chi connectivity index (χ1n) is 5.84. The Kier molecular flexibility index (Phi) is 3.90. The number of para-hydroxylation sites is 1. The van der Waals surface area contributed by atoms with Gasteiger partial charge in [0.15, 0.2) is 0 Å². The molecule has 2 nitrogen and oxygen atoms in total. The van der Waals surface area contributed by atoms with Gasteiger partial charge < -0.3 is 10.4 Å². The highest BCUT2D eigenvalue weighted by molar-refractivity contribution is 6.30. The molecule has 18 heavy (non-hydrogen) atoms. The maximum Gasteiger partial charge on any atom is 0.0828 e. The summed E-state index contributed by atoms with van der Waals surface area (Å²) in [7, 11) is 0. The average molecular weight is 262 g/mol. The fourth-order valence-corrected chi connectivity index (χ4v) is 2.07. The van der Waals surface area contributed by atoms with Crippen molar-refractivity contribution in [3.05, 3.63) is 65.2 Å². The topological polar surface area (TPSA) is 32.3 Å². The Hall–Kier alpha value is -1.51. The predicted molar refractivity (Wildman–Crippen MR) is 76.0 cm³/mol. The van der Waals surface area contributed by atoms with Crippen LogP contribution in [0.4, 0.5) is 5.69 Å². The number of rotatable bonds is 4. The molecule has 0 fully saturated rings. The molecule has 0 spiro atoms. The lowest BCUT2D eigenvalue weighted by Crippen LogP contribution is -2.35. The van der Waals surface area contributed by atoms with Crippen molar-refractivity contribution in [1.29, 1.82) is 0 Å². The number of benzene rings is 2. The van der Waals surface area contributed by atoms with Gasteiger partial charge in [-0.1, -0.05) is 41.9 Å². The average Bonchev–Trinajstić information content (AvgIpc) is 2.40. The van der Waals surface area contributed by atoms with Crippen molar-refractivity contribution in [2.24, 2.45) is 0 Å². The van der Waals surface area contributed by atoms with E-state index in [2.05, 4.69) is 5.32 Å². The second kappa shape index (κ2) is 5.42. The molecule has 0 bridgehead atoms. The number of hydrogen-bond donors (Lipinski definition) is 2. The molecule has 2 aromatic carbocycles. The number of anilines is 1. The summed E-state index contributed by atoms with van der Waals surface area (Å²) in [6.07, 6.45) is 0. The summed E-state index contributed by atoms with van der Waals surface area (Å²) in [5.41, 5.74) is 1.38. The van der Waals surface area contributed by atoms with Crippen LogP contribution < -0.4 is 5.32 Å². The molecule has 0 aliphatic rings. The smallest absolute Gasteiger partial charge is 0.0828 e. The van der Waals surface area contributed by atoms with Crippen molar-refractivity contribution >= 4 is 17.3 Å². The van der Waals surface area contributed by atoms with E-state index in [1.165, 1.54) is 0 Å². The van der Waals surface area contributed by atoms with Crippen LogP contribution in [-0.2, 0) is 5.54 Å². The zero-order chi connectivity index (χ0) is 13.0. The van der Waals surface area contributed by atoms with Crippen molar-refractivity contribution in [2.75, 3.05) is 11.9 Å². The molecule has 94 valence electrons. The minimum absolute atomic E-state index is 0.0117. The van der Waals surface area contributed by atoms with Crippen molar-refractivity contribution < 1.29 is 5.11 Å². The van der Waals surface area contributed by atoms with Crippen molar-refractivity contribution in [1.82, 2.24) is 0 Å². The van der Waals surface area contributed by atoms with Crippen molar-refractivity contribution in [2.45, 2.75) is 12.5 Å². The lowest BCUT2D eigenvalue weighted by Gasteiger charge is -2.30. The van der Waals surface area contributed by atoms with Gasteiger partial charge in [0.1, 0.15) is 0 Å². The summed E-state index contributed by atoms with van der Waals surface area (Å²) >= 11 is 6.00. The van der Waals surface area contributed by atoms with E-state index in [4.69, 9.17) is 11.6 Å². The molecule has 3 heteroatoms. The molecule has 0 heterocycles. The number of nitrogens with one attached hydrogen (secondary N) is 1. The van der Waals surface area contributed by atoms with Gasteiger partial charge >= 0.3 is 0 Å². The van der Waals surface area contributed by atoms with E-state index in [0.717, 1.165) is 11.3 Å². The molecule has 0 aromatic heterocycles. The monoisotopic (exact) mass is 261 g/mol. The molecule has 2 rings (SSSR count). The van der Waals surface area contributed by atoms with Crippen LogP contribution in [0.2, 0.25) is 5.02 Å². The Morgan fingerprint density at radius 1 is 1.11 bits per heavy atom. The second-order valence-corrected chi connectivity index (χ2v) is 4.93. The molecule has 0 saturated heterocycles. The Bertz CT molecular complexity index is 515. The van der Waals surface area contributed by atoms with Gasteiger partial charge in [0.25, 0.3) is 0 Å². The van der Waals surface area contributed by atoms with Crippen LogP contribution in [0.3, 0.4) is 0 Å². The summed E-state index contributed by atoms with van der Waals surface area (Å²) in [4.78, 5) is 0. The molecule has 2 N–H and O–H groups in total. The highest BCUT2D eigenvalue weighted by atomic mass is 35.5. The molecule has 1 unspecified atom stereocenters. The van der Waals surface area contributed by atoms with Crippen LogP contribution in [0.15, 0.2) is 54.6 Å². The van der Waals surface area contributed by atoms with E-state index in [-0.39, 0.29) is 6.61 Å². The number of aliphatic hydroxyl groups excluding tert-OH is 1. The van der Waals surface area contributed by atoms with Crippen LogP contribution in [0.1, 0.15) is 12.5 Å². The lowest BCUT2D eigenvalue weighted by atomic mass is 9.92. The highest BCUT2D eigenvalue weighted by Crippen LogP contribution is 2.27. The molecular formula is C15H16ClNO. The highest BCUT2D eigenvalue weighted by Gasteiger charge is 2.25. The molecule has 1 atom stereocenters. The third kappa shape index (κ3) is 2.84. The summed E-state index contributed by atoms with van der Waals surface area (Å²) in [5.74, 6) is 0. The van der Waals surface area contributed by atoms with Crippen LogP contribution in [0.25, 0.3) is 0 Å². The number of hydrogen-bond acceptors (Lipinski definition) is 2. The predicted octanol–water partition coefficient (Wildman–Crippen LogP) is 3.66. The Morgan fingerprint density at radius 3 is 2.44 bits per heavy atom. The van der Waals surface area contributed by atoms with Crippen molar-refractivity contribution in [3.8, 4) is 0 Å². The molecule has 0 saturated carbocycles. The molecular weight excluding hydrogens is 246 g/mol. The molecule has 0 aliphatic carbocycles.